The molecule has 3 rings (SSSR count). The largest absolute Gasteiger partial charge is 0.369 e. The van der Waals surface area contributed by atoms with Crippen LogP contribution in [0.3, 0.4) is 0 Å². The smallest absolute Gasteiger partial charge is 0.205 e. The van der Waals surface area contributed by atoms with Crippen molar-refractivity contribution >= 4 is 39.6 Å². The summed E-state index contributed by atoms with van der Waals surface area (Å²) in [5.41, 5.74) is 10.5. The summed E-state index contributed by atoms with van der Waals surface area (Å²) in [6.07, 6.45) is 0. The highest BCUT2D eigenvalue weighted by molar-refractivity contribution is 14.1. The molecule has 0 amide bonds. The summed E-state index contributed by atoms with van der Waals surface area (Å²) in [7, 11) is 0. The third-order valence-corrected chi connectivity index (χ3v) is 4.11. The third kappa shape index (κ3) is 2.18. The molecule has 0 aliphatic heterocycles. The van der Waals surface area contributed by atoms with Crippen LogP contribution in [0.15, 0.2) is 42.5 Å². The number of aromatic nitrogens is 2. The number of nitrogens with two attached hydrogens (primary N) is 1. The molecular formula is C16H16IN3. The maximum atomic E-state index is 6.15. The Bertz CT molecular complexity index is 774. The van der Waals surface area contributed by atoms with E-state index in [0.29, 0.717) is 11.9 Å². The Labute approximate surface area is 132 Å². The van der Waals surface area contributed by atoms with Gasteiger partial charge in [0.15, 0.2) is 0 Å². The predicted molar refractivity (Wildman–Crippen MR) is 92.3 cm³/mol. The number of fused-ring (bicyclic) bond motifs is 1. The lowest BCUT2D eigenvalue weighted by atomic mass is 10.0. The molecule has 3 aromatic rings. The minimum atomic E-state index is 0.437. The van der Waals surface area contributed by atoms with Crippen molar-refractivity contribution in [3.05, 3.63) is 51.6 Å². The lowest BCUT2D eigenvalue weighted by Crippen LogP contribution is -2.04. The SMILES string of the molecule is CC(C)c1ccccc1-n1c(N)nc2cc(I)ccc21. The van der Waals surface area contributed by atoms with Gasteiger partial charge in [0.2, 0.25) is 5.95 Å². The maximum Gasteiger partial charge on any atom is 0.205 e. The van der Waals surface area contributed by atoms with Crippen LogP contribution in [0, 0.1) is 3.57 Å². The number of nitrogens with zero attached hydrogens (tertiary/aromatic N) is 2. The average Bonchev–Trinajstić information content (AvgIpc) is 2.73. The number of benzene rings is 2. The molecule has 1 heterocycles. The lowest BCUT2D eigenvalue weighted by molar-refractivity contribution is 0.851. The Morgan fingerprint density at radius 1 is 1.15 bits per heavy atom. The van der Waals surface area contributed by atoms with Crippen molar-refractivity contribution in [2.75, 3.05) is 5.73 Å². The van der Waals surface area contributed by atoms with Gasteiger partial charge in [0.1, 0.15) is 0 Å². The fourth-order valence-corrected chi connectivity index (χ4v) is 2.98. The highest BCUT2D eigenvalue weighted by Gasteiger charge is 2.14. The second kappa shape index (κ2) is 5.09. The van der Waals surface area contributed by atoms with Crippen molar-refractivity contribution < 1.29 is 0 Å². The van der Waals surface area contributed by atoms with Crippen molar-refractivity contribution in [1.29, 1.82) is 0 Å². The predicted octanol–water partition coefficient (Wildman–Crippen LogP) is 4.34. The molecule has 20 heavy (non-hydrogen) atoms. The van der Waals surface area contributed by atoms with Crippen molar-refractivity contribution in [2.24, 2.45) is 0 Å². The molecule has 0 fully saturated rings. The van der Waals surface area contributed by atoms with Crippen LogP contribution in [0.1, 0.15) is 25.3 Å². The maximum absolute atomic E-state index is 6.15. The number of hydrogen-bond acceptors (Lipinski definition) is 2. The van der Waals surface area contributed by atoms with Gasteiger partial charge in [0, 0.05) is 3.57 Å². The summed E-state index contributed by atoms with van der Waals surface area (Å²) in [5.74, 6) is 0.974. The zero-order valence-corrected chi connectivity index (χ0v) is 13.6. The minimum absolute atomic E-state index is 0.437. The summed E-state index contributed by atoms with van der Waals surface area (Å²) >= 11 is 2.29. The normalized spacial score (nSPS) is 11.4. The summed E-state index contributed by atoms with van der Waals surface area (Å²) in [6.45, 7) is 4.38. The average molecular weight is 377 g/mol. The van der Waals surface area contributed by atoms with E-state index in [0.717, 1.165) is 20.3 Å². The molecule has 4 heteroatoms. The van der Waals surface area contributed by atoms with E-state index < -0.39 is 0 Å². The van der Waals surface area contributed by atoms with Gasteiger partial charge < -0.3 is 5.73 Å². The van der Waals surface area contributed by atoms with Gasteiger partial charge in [-0.1, -0.05) is 32.0 Å². The molecule has 0 atom stereocenters. The van der Waals surface area contributed by atoms with Crippen molar-refractivity contribution in [3.8, 4) is 5.69 Å². The fraction of sp³-hybridized carbons (Fsp3) is 0.188. The van der Waals surface area contributed by atoms with Crippen LogP contribution in [-0.2, 0) is 0 Å². The van der Waals surface area contributed by atoms with Gasteiger partial charge in [0.25, 0.3) is 0 Å². The monoisotopic (exact) mass is 377 g/mol. The number of halogens is 1. The standard InChI is InChI=1S/C16H16IN3/c1-10(2)12-5-3-4-6-14(12)20-15-8-7-11(17)9-13(15)19-16(20)18/h3-10H,1-2H3,(H2,18,19). The van der Waals surface area contributed by atoms with Crippen LogP contribution in [0.2, 0.25) is 0 Å². The molecule has 0 aliphatic carbocycles. The minimum Gasteiger partial charge on any atom is -0.369 e. The molecule has 0 radical (unpaired) electrons. The Balaban J connectivity index is 2.33. The van der Waals surface area contributed by atoms with Crippen molar-refractivity contribution in [3.63, 3.8) is 0 Å². The summed E-state index contributed by atoms with van der Waals surface area (Å²) in [5, 5.41) is 0. The van der Waals surface area contributed by atoms with E-state index in [1.165, 1.54) is 5.56 Å². The first-order valence-electron chi connectivity index (χ1n) is 6.60. The van der Waals surface area contributed by atoms with Crippen LogP contribution in [0.5, 0.6) is 0 Å². The van der Waals surface area contributed by atoms with Crippen LogP contribution < -0.4 is 5.73 Å². The number of rotatable bonds is 2. The zero-order chi connectivity index (χ0) is 14.3. The van der Waals surface area contributed by atoms with E-state index in [1.807, 2.05) is 10.6 Å². The topological polar surface area (TPSA) is 43.8 Å². The summed E-state index contributed by atoms with van der Waals surface area (Å²) in [6, 6.07) is 14.6. The van der Waals surface area contributed by atoms with Crippen molar-refractivity contribution in [2.45, 2.75) is 19.8 Å². The second-order valence-electron chi connectivity index (χ2n) is 5.15. The van der Waals surface area contributed by atoms with Crippen LogP contribution in [-0.4, -0.2) is 9.55 Å². The number of hydrogen-bond donors (Lipinski definition) is 1. The van der Waals surface area contributed by atoms with E-state index in [2.05, 4.69) is 77.8 Å². The van der Waals surface area contributed by atoms with Crippen LogP contribution in [0.25, 0.3) is 16.7 Å². The molecule has 3 nitrogen and oxygen atoms in total. The first-order chi connectivity index (χ1) is 9.58. The molecular weight excluding hydrogens is 361 g/mol. The van der Waals surface area contributed by atoms with Gasteiger partial charge in [-0.25, -0.2) is 4.98 Å². The molecule has 1 aromatic heterocycles. The third-order valence-electron chi connectivity index (χ3n) is 3.44. The molecule has 0 bridgehead atoms. The lowest BCUT2D eigenvalue weighted by Gasteiger charge is -2.15. The van der Waals surface area contributed by atoms with Gasteiger partial charge in [0.05, 0.1) is 16.7 Å². The van der Waals surface area contributed by atoms with E-state index in [-0.39, 0.29) is 0 Å². The number of para-hydroxylation sites is 1. The molecule has 0 aliphatic rings. The number of imidazole rings is 1. The molecule has 0 saturated heterocycles. The number of nitrogen functional groups attached to an aromatic ring is 1. The highest BCUT2D eigenvalue weighted by Crippen LogP contribution is 2.29. The number of anilines is 1. The van der Waals surface area contributed by atoms with Gasteiger partial charge in [-0.05, 0) is 58.3 Å². The van der Waals surface area contributed by atoms with Gasteiger partial charge >= 0.3 is 0 Å². The molecule has 102 valence electrons. The first-order valence-corrected chi connectivity index (χ1v) is 7.68. The highest BCUT2D eigenvalue weighted by atomic mass is 127. The molecule has 2 N–H and O–H groups in total. The van der Waals surface area contributed by atoms with E-state index in [9.17, 15) is 0 Å². The Morgan fingerprint density at radius 3 is 2.65 bits per heavy atom. The van der Waals surface area contributed by atoms with Gasteiger partial charge in [-0.3, -0.25) is 4.57 Å². The van der Waals surface area contributed by atoms with Gasteiger partial charge in [-0.15, -0.1) is 0 Å². The zero-order valence-electron chi connectivity index (χ0n) is 11.5. The Morgan fingerprint density at radius 2 is 1.90 bits per heavy atom. The molecule has 0 spiro atoms. The molecule has 0 unspecified atom stereocenters. The van der Waals surface area contributed by atoms with E-state index in [4.69, 9.17) is 5.73 Å². The Hall–Kier alpha value is -1.56. The summed E-state index contributed by atoms with van der Waals surface area (Å²) < 4.78 is 3.21. The fourth-order valence-electron chi connectivity index (χ4n) is 2.50. The van der Waals surface area contributed by atoms with E-state index >= 15 is 0 Å². The van der Waals surface area contributed by atoms with Crippen LogP contribution >= 0.6 is 22.6 Å². The molecule has 2 aromatic carbocycles. The van der Waals surface area contributed by atoms with Crippen molar-refractivity contribution in [1.82, 2.24) is 9.55 Å². The molecule has 0 saturated carbocycles. The quantitative estimate of drug-likeness (QED) is 0.676. The van der Waals surface area contributed by atoms with Crippen LogP contribution in [0.4, 0.5) is 5.95 Å². The van der Waals surface area contributed by atoms with E-state index in [1.54, 1.807) is 0 Å². The van der Waals surface area contributed by atoms with Gasteiger partial charge in [-0.2, -0.15) is 0 Å². The Kier molecular flexibility index (Phi) is 3.41. The first kappa shape index (κ1) is 13.4. The second-order valence-corrected chi connectivity index (χ2v) is 6.40. The summed E-state index contributed by atoms with van der Waals surface area (Å²) in [4.78, 5) is 4.49.